The summed E-state index contributed by atoms with van der Waals surface area (Å²) >= 11 is 3.19. The van der Waals surface area contributed by atoms with E-state index in [-0.39, 0.29) is 11.9 Å². The lowest BCUT2D eigenvalue weighted by Crippen LogP contribution is -2.19. The van der Waals surface area contributed by atoms with E-state index in [1.165, 1.54) is 25.7 Å². The topological polar surface area (TPSA) is 12.0 Å². The fourth-order valence-corrected chi connectivity index (χ4v) is 2.98. The van der Waals surface area contributed by atoms with Crippen molar-refractivity contribution in [3.05, 3.63) is 34.1 Å². The number of nitrogens with one attached hydrogen (secondary N) is 1. The molecule has 0 aliphatic heterocycles. The molecular weight excluding hydrogens is 281 g/mol. The number of hydrogen-bond donors (Lipinski definition) is 1. The molecular formula is C14H19BrFN. The molecule has 1 N–H and O–H groups in total. The molecule has 1 aromatic carbocycles. The Morgan fingerprint density at radius 2 is 2.12 bits per heavy atom. The second-order valence-corrected chi connectivity index (χ2v) is 5.76. The number of halogens is 2. The van der Waals surface area contributed by atoms with Gasteiger partial charge in [0.05, 0.1) is 4.47 Å². The molecule has 1 aliphatic rings. The molecule has 3 heteroatoms. The van der Waals surface area contributed by atoms with Crippen molar-refractivity contribution in [1.82, 2.24) is 5.32 Å². The van der Waals surface area contributed by atoms with Gasteiger partial charge in [0, 0.05) is 6.04 Å². The third kappa shape index (κ3) is 3.29. The van der Waals surface area contributed by atoms with Crippen LogP contribution in [-0.2, 0) is 0 Å². The molecule has 94 valence electrons. The first-order valence-electron chi connectivity index (χ1n) is 6.33. The van der Waals surface area contributed by atoms with Gasteiger partial charge in [-0.05, 0) is 53.0 Å². The van der Waals surface area contributed by atoms with E-state index < -0.39 is 0 Å². The van der Waals surface area contributed by atoms with Crippen LogP contribution in [0.4, 0.5) is 4.39 Å². The van der Waals surface area contributed by atoms with Crippen molar-refractivity contribution in [2.75, 3.05) is 7.05 Å². The summed E-state index contributed by atoms with van der Waals surface area (Å²) in [4.78, 5) is 0. The molecule has 0 amide bonds. The normalized spacial score (nSPS) is 18.5. The molecule has 1 nitrogen and oxygen atoms in total. The van der Waals surface area contributed by atoms with Crippen LogP contribution in [0.3, 0.4) is 0 Å². The van der Waals surface area contributed by atoms with Crippen molar-refractivity contribution < 1.29 is 4.39 Å². The Bertz CT molecular complexity index is 374. The summed E-state index contributed by atoms with van der Waals surface area (Å²) in [5.41, 5.74) is 1.06. The molecule has 0 radical (unpaired) electrons. The monoisotopic (exact) mass is 299 g/mol. The largest absolute Gasteiger partial charge is 0.313 e. The average Bonchev–Trinajstić information content (AvgIpc) is 2.82. The van der Waals surface area contributed by atoms with E-state index in [1.807, 2.05) is 13.1 Å². The maximum absolute atomic E-state index is 13.5. The first-order chi connectivity index (χ1) is 8.20. The number of rotatable bonds is 4. The maximum Gasteiger partial charge on any atom is 0.137 e. The van der Waals surface area contributed by atoms with E-state index in [9.17, 15) is 4.39 Å². The third-order valence-electron chi connectivity index (χ3n) is 3.74. The molecule has 0 spiro atoms. The zero-order valence-corrected chi connectivity index (χ0v) is 11.8. The predicted octanol–water partition coefficient (Wildman–Crippen LogP) is 4.43. The molecule has 2 rings (SSSR count). The van der Waals surface area contributed by atoms with Crippen LogP contribution in [0.2, 0.25) is 0 Å². The van der Waals surface area contributed by atoms with Crippen LogP contribution in [0.1, 0.15) is 43.7 Å². The van der Waals surface area contributed by atoms with Crippen molar-refractivity contribution in [2.45, 2.75) is 38.1 Å². The molecule has 1 fully saturated rings. The van der Waals surface area contributed by atoms with E-state index >= 15 is 0 Å². The molecule has 1 aliphatic carbocycles. The van der Waals surface area contributed by atoms with Gasteiger partial charge in [0.2, 0.25) is 0 Å². The van der Waals surface area contributed by atoms with Gasteiger partial charge in [-0.3, -0.25) is 0 Å². The van der Waals surface area contributed by atoms with Crippen LogP contribution >= 0.6 is 15.9 Å². The van der Waals surface area contributed by atoms with Gasteiger partial charge in [-0.15, -0.1) is 0 Å². The van der Waals surface area contributed by atoms with Gasteiger partial charge in [-0.25, -0.2) is 4.39 Å². The highest BCUT2D eigenvalue weighted by Crippen LogP contribution is 2.33. The Morgan fingerprint density at radius 3 is 2.71 bits per heavy atom. The van der Waals surface area contributed by atoms with Gasteiger partial charge in [0.25, 0.3) is 0 Å². The highest BCUT2D eigenvalue weighted by Gasteiger charge is 2.20. The summed E-state index contributed by atoms with van der Waals surface area (Å²) in [7, 11) is 1.96. The molecule has 1 unspecified atom stereocenters. The maximum atomic E-state index is 13.5. The van der Waals surface area contributed by atoms with Crippen molar-refractivity contribution in [3.8, 4) is 0 Å². The second kappa shape index (κ2) is 5.96. The van der Waals surface area contributed by atoms with Crippen molar-refractivity contribution in [3.63, 3.8) is 0 Å². The van der Waals surface area contributed by atoms with Crippen LogP contribution in [0.15, 0.2) is 22.7 Å². The minimum absolute atomic E-state index is 0.172. The Hall–Kier alpha value is -0.410. The Kier molecular flexibility index (Phi) is 4.57. The molecule has 0 saturated heterocycles. The number of hydrogen-bond acceptors (Lipinski definition) is 1. The molecule has 1 atom stereocenters. The van der Waals surface area contributed by atoms with E-state index in [0.717, 1.165) is 17.9 Å². The molecule has 0 aromatic heterocycles. The SMILES string of the molecule is CNC(CC1CCCC1)c1ccc(Br)c(F)c1. The highest BCUT2D eigenvalue weighted by molar-refractivity contribution is 9.10. The summed E-state index contributed by atoms with van der Waals surface area (Å²) in [5.74, 6) is 0.633. The van der Waals surface area contributed by atoms with Gasteiger partial charge >= 0.3 is 0 Å². The quantitative estimate of drug-likeness (QED) is 0.867. The minimum Gasteiger partial charge on any atom is -0.313 e. The first-order valence-corrected chi connectivity index (χ1v) is 7.12. The lowest BCUT2D eigenvalue weighted by Gasteiger charge is -2.20. The van der Waals surface area contributed by atoms with Gasteiger partial charge in [0.15, 0.2) is 0 Å². The Balaban J connectivity index is 2.08. The van der Waals surface area contributed by atoms with Crippen molar-refractivity contribution in [1.29, 1.82) is 0 Å². The average molecular weight is 300 g/mol. The van der Waals surface area contributed by atoms with Crippen molar-refractivity contribution in [2.24, 2.45) is 5.92 Å². The van der Waals surface area contributed by atoms with E-state index in [0.29, 0.717) is 4.47 Å². The summed E-state index contributed by atoms with van der Waals surface area (Å²) in [6.45, 7) is 0. The molecule has 1 aromatic rings. The van der Waals surface area contributed by atoms with Crippen LogP contribution in [0.25, 0.3) is 0 Å². The molecule has 0 bridgehead atoms. The van der Waals surface area contributed by atoms with Crippen molar-refractivity contribution >= 4 is 15.9 Å². The van der Waals surface area contributed by atoms with E-state index in [1.54, 1.807) is 12.1 Å². The summed E-state index contributed by atoms with van der Waals surface area (Å²) < 4.78 is 14.1. The van der Waals surface area contributed by atoms with Gasteiger partial charge < -0.3 is 5.32 Å². The van der Waals surface area contributed by atoms with Gasteiger partial charge in [0.1, 0.15) is 5.82 Å². The lowest BCUT2D eigenvalue weighted by molar-refractivity contribution is 0.412. The molecule has 17 heavy (non-hydrogen) atoms. The summed E-state index contributed by atoms with van der Waals surface area (Å²) in [6, 6.07) is 5.72. The van der Waals surface area contributed by atoms with E-state index in [2.05, 4.69) is 21.2 Å². The summed E-state index contributed by atoms with van der Waals surface area (Å²) in [6.07, 6.45) is 6.50. The molecule has 0 heterocycles. The van der Waals surface area contributed by atoms with Gasteiger partial charge in [-0.1, -0.05) is 31.7 Å². The smallest absolute Gasteiger partial charge is 0.137 e. The second-order valence-electron chi connectivity index (χ2n) is 4.90. The van der Waals surface area contributed by atoms with Crippen LogP contribution in [-0.4, -0.2) is 7.05 Å². The lowest BCUT2D eigenvalue weighted by atomic mass is 9.94. The third-order valence-corrected chi connectivity index (χ3v) is 4.38. The summed E-state index contributed by atoms with van der Waals surface area (Å²) in [5, 5.41) is 3.31. The fourth-order valence-electron chi connectivity index (χ4n) is 2.73. The Labute approximate surface area is 111 Å². The zero-order valence-electron chi connectivity index (χ0n) is 10.2. The van der Waals surface area contributed by atoms with Crippen LogP contribution < -0.4 is 5.32 Å². The molecule has 1 saturated carbocycles. The minimum atomic E-state index is -0.172. The zero-order chi connectivity index (χ0) is 12.3. The number of benzene rings is 1. The van der Waals surface area contributed by atoms with E-state index in [4.69, 9.17) is 0 Å². The van der Waals surface area contributed by atoms with Crippen LogP contribution in [0, 0.1) is 11.7 Å². The van der Waals surface area contributed by atoms with Gasteiger partial charge in [-0.2, -0.15) is 0 Å². The Morgan fingerprint density at radius 1 is 1.41 bits per heavy atom. The standard InChI is InChI=1S/C14H19BrFN/c1-17-14(8-10-4-2-3-5-10)11-6-7-12(15)13(16)9-11/h6-7,9-10,14,17H,2-5,8H2,1H3. The highest BCUT2D eigenvalue weighted by atomic mass is 79.9. The van der Waals surface area contributed by atoms with Crippen LogP contribution in [0.5, 0.6) is 0 Å². The predicted molar refractivity (Wildman–Crippen MR) is 72.5 cm³/mol. The fraction of sp³-hybridized carbons (Fsp3) is 0.571. The first kappa shape index (κ1) is 13.0.